The van der Waals surface area contributed by atoms with Gasteiger partial charge in [0.1, 0.15) is 5.82 Å². The number of rotatable bonds is 2. The van der Waals surface area contributed by atoms with Gasteiger partial charge in [-0.1, -0.05) is 18.2 Å². The number of piperidine rings is 1. The van der Waals surface area contributed by atoms with E-state index in [-0.39, 0.29) is 5.91 Å². The van der Waals surface area contributed by atoms with Crippen LogP contribution in [0.2, 0.25) is 0 Å². The van der Waals surface area contributed by atoms with E-state index in [9.17, 15) is 13.2 Å². The van der Waals surface area contributed by atoms with Crippen molar-refractivity contribution in [3.8, 4) is 0 Å². The second-order valence-electron chi connectivity index (χ2n) is 7.58. The molecule has 0 unspecified atom stereocenters. The van der Waals surface area contributed by atoms with Gasteiger partial charge in [-0.3, -0.25) is 4.79 Å². The Bertz CT molecular complexity index is 1000. The molecule has 1 saturated heterocycles. The molecule has 8 heteroatoms. The van der Waals surface area contributed by atoms with Crippen LogP contribution in [-0.2, 0) is 20.4 Å². The summed E-state index contributed by atoms with van der Waals surface area (Å²) in [5.41, 5.74) is 1.17. The maximum Gasteiger partial charge on any atom is 0.243 e. The van der Waals surface area contributed by atoms with Crippen LogP contribution in [0.3, 0.4) is 0 Å². The lowest BCUT2D eigenvalue weighted by Gasteiger charge is -2.45. The van der Waals surface area contributed by atoms with Gasteiger partial charge in [-0.25, -0.2) is 13.1 Å². The lowest BCUT2D eigenvalue weighted by atomic mass is 9.83. The van der Waals surface area contributed by atoms with Gasteiger partial charge < -0.3 is 4.90 Å². The monoisotopic (exact) mass is 388 g/mol. The zero-order valence-electron chi connectivity index (χ0n) is 15.8. The molecule has 0 N–H and O–H groups in total. The number of carbonyl (C=O) groups is 1. The van der Waals surface area contributed by atoms with E-state index in [1.807, 2.05) is 36.7 Å². The first-order valence-corrected chi connectivity index (χ1v) is 10.6. The summed E-state index contributed by atoms with van der Waals surface area (Å²) in [6.45, 7) is 4.49. The van der Waals surface area contributed by atoms with Crippen molar-refractivity contribution in [2.45, 2.75) is 43.5 Å². The molecule has 0 aliphatic carbocycles. The molecular weight excluding hydrogens is 364 g/mol. The minimum absolute atomic E-state index is 0.0533. The number of nitrogens with zero attached hydrogens (tertiary/aromatic N) is 4. The number of aryl methyl sites for hydroxylation is 2. The van der Waals surface area contributed by atoms with E-state index < -0.39 is 15.6 Å². The highest BCUT2D eigenvalue weighted by molar-refractivity contribution is 7.89. The van der Waals surface area contributed by atoms with Crippen molar-refractivity contribution in [2.24, 2.45) is 0 Å². The van der Waals surface area contributed by atoms with Gasteiger partial charge in [-0.2, -0.15) is 9.40 Å². The predicted molar refractivity (Wildman–Crippen MR) is 102 cm³/mol. The molecule has 1 amide bonds. The van der Waals surface area contributed by atoms with Gasteiger partial charge >= 0.3 is 0 Å². The Labute approximate surface area is 159 Å². The van der Waals surface area contributed by atoms with Crippen LogP contribution in [0.15, 0.2) is 35.2 Å². The number of fused-ring (bicyclic) bond motifs is 2. The Morgan fingerprint density at radius 2 is 1.78 bits per heavy atom. The van der Waals surface area contributed by atoms with Crippen LogP contribution < -0.4 is 4.90 Å². The van der Waals surface area contributed by atoms with Crippen molar-refractivity contribution in [2.75, 3.05) is 25.0 Å². The molecular formula is C19H24N4O3S. The van der Waals surface area contributed by atoms with Crippen LogP contribution in [-0.4, -0.2) is 48.5 Å². The zero-order chi connectivity index (χ0) is 19.4. The maximum absolute atomic E-state index is 13.1. The highest BCUT2D eigenvalue weighted by atomic mass is 32.2. The number of hydrogen-bond donors (Lipinski definition) is 0. The first-order valence-electron chi connectivity index (χ1n) is 9.14. The first kappa shape index (κ1) is 18.2. The normalized spacial score (nSPS) is 20.1. The second-order valence-corrected chi connectivity index (χ2v) is 9.49. The lowest BCUT2D eigenvalue weighted by Crippen LogP contribution is -2.54. The summed E-state index contributed by atoms with van der Waals surface area (Å²) in [6.07, 6.45) is 1.51. The molecule has 2 aliphatic heterocycles. The molecule has 0 bridgehead atoms. The molecule has 1 aromatic carbocycles. The number of anilines is 1. The molecule has 27 heavy (non-hydrogen) atoms. The summed E-state index contributed by atoms with van der Waals surface area (Å²) in [5.74, 6) is 0.844. The molecule has 3 heterocycles. The fraction of sp³-hybridized carbons (Fsp3) is 0.474. The van der Waals surface area contributed by atoms with Crippen LogP contribution >= 0.6 is 0 Å². The van der Waals surface area contributed by atoms with E-state index in [4.69, 9.17) is 0 Å². The van der Waals surface area contributed by atoms with Crippen LogP contribution in [0.4, 0.5) is 5.82 Å². The Morgan fingerprint density at radius 1 is 1.11 bits per heavy atom. The summed E-state index contributed by atoms with van der Waals surface area (Å²) in [5, 5.41) is 4.63. The number of aromatic nitrogens is 2. The summed E-state index contributed by atoms with van der Waals surface area (Å²) in [4.78, 5) is 14.5. The largest absolute Gasteiger partial charge is 0.300 e. The molecule has 0 radical (unpaired) electrons. The topological polar surface area (TPSA) is 75.5 Å². The van der Waals surface area contributed by atoms with Gasteiger partial charge in [0.2, 0.25) is 15.9 Å². The van der Waals surface area contributed by atoms with Gasteiger partial charge in [0, 0.05) is 26.2 Å². The smallest absolute Gasteiger partial charge is 0.243 e. The van der Waals surface area contributed by atoms with E-state index in [0.29, 0.717) is 37.2 Å². The van der Waals surface area contributed by atoms with Gasteiger partial charge in [-0.15, -0.1) is 0 Å². The van der Waals surface area contributed by atoms with Crippen molar-refractivity contribution in [1.82, 2.24) is 14.1 Å². The van der Waals surface area contributed by atoms with Gasteiger partial charge in [0.15, 0.2) is 0 Å². The quantitative estimate of drug-likeness (QED) is 0.789. The molecule has 2 aromatic rings. The lowest BCUT2D eigenvalue weighted by molar-refractivity contribution is -0.122. The maximum atomic E-state index is 13.1. The molecule has 144 valence electrons. The summed E-state index contributed by atoms with van der Waals surface area (Å²) in [6, 6.07) is 8.97. The Morgan fingerprint density at radius 3 is 2.44 bits per heavy atom. The average molecular weight is 388 g/mol. The van der Waals surface area contributed by atoms with Gasteiger partial charge in [0.05, 0.1) is 22.5 Å². The van der Waals surface area contributed by atoms with E-state index in [2.05, 4.69) is 5.10 Å². The van der Waals surface area contributed by atoms with E-state index in [1.165, 1.54) is 0 Å². The standard InChI is InChI=1S/C19H24N4O3S/c1-14-6-4-5-7-16(14)27(25,26)22-10-8-19(9-11-22)13-18(24)21(3)17-12-15(2)20-23(17)19/h4-7,12H,8-11,13H2,1-3H3. The third kappa shape index (κ3) is 2.78. The highest BCUT2D eigenvalue weighted by Gasteiger charge is 2.47. The molecule has 0 atom stereocenters. The molecule has 2 aliphatic rings. The van der Waals surface area contributed by atoms with Crippen LogP contribution in [0.25, 0.3) is 0 Å². The Balaban J connectivity index is 1.63. The fourth-order valence-electron chi connectivity index (χ4n) is 4.19. The second kappa shape index (κ2) is 6.17. The van der Waals surface area contributed by atoms with Crippen LogP contribution in [0.5, 0.6) is 0 Å². The number of benzene rings is 1. The number of carbonyl (C=O) groups excluding carboxylic acids is 1. The van der Waals surface area contributed by atoms with Gasteiger partial charge in [0.25, 0.3) is 0 Å². The molecule has 0 saturated carbocycles. The van der Waals surface area contributed by atoms with E-state index in [1.54, 1.807) is 28.4 Å². The molecule has 1 spiro atoms. The van der Waals surface area contributed by atoms with Crippen LogP contribution in [0, 0.1) is 13.8 Å². The minimum Gasteiger partial charge on any atom is -0.300 e. The predicted octanol–water partition coefficient (Wildman–Crippen LogP) is 2.05. The fourth-order valence-corrected chi connectivity index (χ4v) is 5.86. The van der Waals surface area contributed by atoms with Crippen molar-refractivity contribution in [3.05, 3.63) is 41.6 Å². The number of sulfonamides is 1. The van der Waals surface area contributed by atoms with E-state index in [0.717, 1.165) is 17.1 Å². The van der Waals surface area contributed by atoms with Crippen molar-refractivity contribution in [3.63, 3.8) is 0 Å². The van der Waals surface area contributed by atoms with Crippen molar-refractivity contribution in [1.29, 1.82) is 0 Å². The third-order valence-electron chi connectivity index (χ3n) is 5.82. The first-order chi connectivity index (χ1) is 12.7. The average Bonchev–Trinajstić information content (AvgIpc) is 3.03. The van der Waals surface area contributed by atoms with Gasteiger partial charge in [-0.05, 0) is 38.3 Å². The minimum atomic E-state index is -3.54. The molecule has 4 rings (SSSR count). The number of hydrogen-bond acceptors (Lipinski definition) is 4. The SMILES string of the molecule is Cc1cc2n(n1)C1(CCN(S(=O)(=O)c3ccccc3C)CC1)CC(=O)N2C. The summed E-state index contributed by atoms with van der Waals surface area (Å²) in [7, 11) is -1.77. The summed E-state index contributed by atoms with van der Waals surface area (Å²) >= 11 is 0. The van der Waals surface area contributed by atoms with E-state index >= 15 is 0 Å². The van der Waals surface area contributed by atoms with Crippen molar-refractivity contribution >= 4 is 21.7 Å². The number of amides is 1. The molecule has 1 fully saturated rings. The molecule has 7 nitrogen and oxygen atoms in total. The summed E-state index contributed by atoms with van der Waals surface area (Å²) < 4.78 is 29.6. The third-order valence-corrected chi connectivity index (χ3v) is 7.88. The van der Waals surface area contributed by atoms with Crippen LogP contribution in [0.1, 0.15) is 30.5 Å². The Kier molecular flexibility index (Phi) is 4.16. The highest BCUT2D eigenvalue weighted by Crippen LogP contribution is 2.41. The molecule has 1 aromatic heterocycles. The zero-order valence-corrected chi connectivity index (χ0v) is 16.7. The van der Waals surface area contributed by atoms with Crippen molar-refractivity contribution < 1.29 is 13.2 Å². The Hall–Kier alpha value is -2.19.